The number of pyridine rings is 2. The molecule has 0 atom stereocenters. The zero-order valence-electron chi connectivity index (χ0n) is 12.4. The third kappa shape index (κ3) is 2.64. The number of aromatic nitrogens is 2. The van der Waals surface area contributed by atoms with E-state index in [1.807, 2.05) is 66.7 Å². The van der Waals surface area contributed by atoms with Gasteiger partial charge in [-0.25, -0.2) is 4.98 Å². The third-order valence-electron chi connectivity index (χ3n) is 3.84. The lowest BCUT2D eigenvalue weighted by molar-refractivity contribution is 1.30. The average Bonchev–Trinajstić information content (AvgIpc) is 2.59. The van der Waals surface area contributed by atoms with Gasteiger partial charge >= 0.3 is 0 Å². The molecule has 0 bridgehead atoms. The van der Waals surface area contributed by atoms with Crippen molar-refractivity contribution in [2.75, 3.05) is 0 Å². The van der Waals surface area contributed by atoms with E-state index in [1.54, 1.807) is 6.07 Å². The maximum Gasteiger partial charge on any atom is 0.249 e. The first kappa shape index (κ1) is 13.5. The number of hydrogen-bond donors (Lipinski definition) is 1. The number of aromatic amines is 1. The summed E-state index contributed by atoms with van der Waals surface area (Å²) < 4.78 is 0. The van der Waals surface area contributed by atoms with Crippen LogP contribution in [0, 0.1) is 0 Å². The maximum atomic E-state index is 11.8. The van der Waals surface area contributed by atoms with E-state index >= 15 is 0 Å². The largest absolute Gasteiger partial charge is 0.322 e. The van der Waals surface area contributed by atoms with E-state index in [0.29, 0.717) is 0 Å². The van der Waals surface area contributed by atoms with E-state index < -0.39 is 0 Å². The lowest BCUT2D eigenvalue weighted by Gasteiger charge is -2.02. The molecule has 0 radical (unpaired) electrons. The molecule has 4 rings (SSSR count). The number of H-pyrrole nitrogens is 1. The summed E-state index contributed by atoms with van der Waals surface area (Å²) in [4.78, 5) is 19.3. The molecule has 2 aromatic heterocycles. The second kappa shape index (κ2) is 5.54. The van der Waals surface area contributed by atoms with Gasteiger partial charge < -0.3 is 4.98 Å². The molecule has 4 aromatic rings. The molecule has 23 heavy (non-hydrogen) atoms. The van der Waals surface area contributed by atoms with Gasteiger partial charge in [-0.3, -0.25) is 4.79 Å². The smallest absolute Gasteiger partial charge is 0.249 e. The molecule has 0 unspecified atom stereocenters. The maximum absolute atomic E-state index is 11.8. The molecule has 0 amide bonds. The van der Waals surface area contributed by atoms with Crippen molar-refractivity contribution in [2.45, 2.75) is 0 Å². The molecule has 0 saturated carbocycles. The third-order valence-corrected chi connectivity index (χ3v) is 3.84. The van der Waals surface area contributed by atoms with E-state index in [0.717, 1.165) is 33.1 Å². The molecule has 0 fully saturated rings. The van der Waals surface area contributed by atoms with Gasteiger partial charge in [0.25, 0.3) is 0 Å². The number of benzene rings is 2. The number of nitrogens with zero attached hydrogens (tertiary/aromatic N) is 1. The van der Waals surface area contributed by atoms with Crippen LogP contribution in [-0.4, -0.2) is 9.97 Å². The zero-order chi connectivity index (χ0) is 15.6. The molecule has 0 saturated heterocycles. The van der Waals surface area contributed by atoms with Crippen molar-refractivity contribution in [3.8, 4) is 0 Å². The molecule has 3 nitrogen and oxygen atoms in total. The molecular weight excluding hydrogens is 284 g/mol. The van der Waals surface area contributed by atoms with Gasteiger partial charge in [0.2, 0.25) is 5.56 Å². The predicted molar refractivity (Wildman–Crippen MR) is 95.2 cm³/mol. The van der Waals surface area contributed by atoms with Gasteiger partial charge in [-0.2, -0.15) is 0 Å². The zero-order valence-corrected chi connectivity index (χ0v) is 12.4. The fourth-order valence-electron chi connectivity index (χ4n) is 2.72. The molecule has 2 heterocycles. The Morgan fingerprint density at radius 2 is 1.70 bits per heavy atom. The average molecular weight is 298 g/mol. The van der Waals surface area contributed by atoms with Crippen molar-refractivity contribution < 1.29 is 0 Å². The Morgan fingerprint density at radius 1 is 0.870 bits per heavy atom. The van der Waals surface area contributed by atoms with Crippen molar-refractivity contribution in [2.24, 2.45) is 0 Å². The van der Waals surface area contributed by atoms with Gasteiger partial charge in [-0.05, 0) is 29.8 Å². The molecule has 3 heteroatoms. The van der Waals surface area contributed by atoms with Crippen LogP contribution in [0.5, 0.6) is 0 Å². The van der Waals surface area contributed by atoms with Crippen molar-refractivity contribution in [1.82, 2.24) is 9.97 Å². The van der Waals surface area contributed by atoms with Crippen LogP contribution in [-0.2, 0) is 0 Å². The Labute approximate surface area is 132 Å². The van der Waals surface area contributed by atoms with Crippen LogP contribution in [0.1, 0.15) is 11.3 Å². The number of rotatable bonds is 2. The van der Waals surface area contributed by atoms with E-state index in [-0.39, 0.29) is 5.56 Å². The molecule has 0 aliphatic carbocycles. The Bertz CT molecular complexity index is 1090. The summed E-state index contributed by atoms with van der Waals surface area (Å²) in [6, 6.07) is 21.4. The van der Waals surface area contributed by atoms with Gasteiger partial charge in [-0.15, -0.1) is 0 Å². The fourth-order valence-corrected chi connectivity index (χ4v) is 2.72. The van der Waals surface area contributed by atoms with Gasteiger partial charge in [0.05, 0.1) is 11.2 Å². The second-order valence-corrected chi connectivity index (χ2v) is 5.40. The summed E-state index contributed by atoms with van der Waals surface area (Å²) in [6.45, 7) is 0. The highest BCUT2D eigenvalue weighted by Crippen LogP contribution is 2.18. The molecular formula is C20H14N2O. The number of fused-ring (bicyclic) bond motifs is 2. The van der Waals surface area contributed by atoms with Gasteiger partial charge in [0.15, 0.2) is 0 Å². The number of nitrogens with one attached hydrogen (secondary N) is 1. The summed E-state index contributed by atoms with van der Waals surface area (Å²) in [6.07, 6.45) is 3.88. The quantitative estimate of drug-likeness (QED) is 0.601. The molecule has 0 spiro atoms. The Kier molecular flexibility index (Phi) is 3.24. The molecule has 0 aliphatic heterocycles. The normalized spacial score (nSPS) is 11.5. The van der Waals surface area contributed by atoms with Crippen molar-refractivity contribution >= 4 is 34.0 Å². The number of para-hydroxylation sites is 2. The van der Waals surface area contributed by atoms with Crippen LogP contribution >= 0.6 is 0 Å². The van der Waals surface area contributed by atoms with Crippen LogP contribution in [0.3, 0.4) is 0 Å². The molecule has 1 N–H and O–H groups in total. The first-order chi connectivity index (χ1) is 11.3. The highest BCUT2D eigenvalue weighted by atomic mass is 16.1. The van der Waals surface area contributed by atoms with E-state index in [9.17, 15) is 4.79 Å². The predicted octanol–water partition coefficient (Wildman–Crippen LogP) is 4.25. The minimum absolute atomic E-state index is 0.102. The summed E-state index contributed by atoms with van der Waals surface area (Å²) >= 11 is 0. The summed E-state index contributed by atoms with van der Waals surface area (Å²) in [5.74, 6) is 0. The first-order valence-corrected chi connectivity index (χ1v) is 7.45. The first-order valence-electron chi connectivity index (χ1n) is 7.45. The lowest BCUT2D eigenvalue weighted by Crippen LogP contribution is -2.04. The Balaban J connectivity index is 1.79. The Morgan fingerprint density at radius 3 is 2.65 bits per heavy atom. The van der Waals surface area contributed by atoms with Gasteiger partial charge in [0.1, 0.15) is 0 Å². The van der Waals surface area contributed by atoms with Crippen LogP contribution < -0.4 is 5.56 Å². The molecule has 2 aromatic carbocycles. The van der Waals surface area contributed by atoms with Crippen molar-refractivity contribution in [1.29, 1.82) is 0 Å². The summed E-state index contributed by atoms with van der Waals surface area (Å²) in [7, 11) is 0. The van der Waals surface area contributed by atoms with Crippen LogP contribution in [0.25, 0.3) is 34.0 Å². The van der Waals surface area contributed by atoms with E-state index in [2.05, 4.69) is 16.0 Å². The second-order valence-electron chi connectivity index (χ2n) is 5.40. The van der Waals surface area contributed by atoms with Crippen LogP contribution in [0.4, 0.5) is 0 Å². The van der Waals surface area contributed by atoms with Crippen LogP contribution in [0.15, 0.2) is 71.5 Å². The van der Waals surface area contributed by atoms with E-state index in [4.69, 9.17) is 0 Å². The standard InChI is InChI=1S/C20H14N2O/c23-20-13-15(17-6-2-4-8-19(17)22-20)10-12-16-11-9-14-5-1-3-7-18(14)21-16/h1-13H,(H,22,23)/b12-10-. The van der Waals surface area contributed by atoms with Gasteiger partial charge in [0, 0.05) is 22.4 Å². The van der Waals surface area contributed by atoms with Crippen molar-refractivity contribution in [3.05, 3.63) is 88.3 Å². The van der Waals surface area contributed by atoms with Crippen LogP contribution in [0.2, 0.25) is 0 Å². The molecule has 0 aliphatic rings. The minimum Gasteiger partial charge on any atom is -0.322 e. The Hall–Kier alpha value is -3.20. The van der Waals surface area contributed by atoms with E-state index in [1.165, 1.54) is 0 Å². The SMILES string of the molecule is O=c1cc(/C=C\c2ccc3ccccc3n2)c2ccccc2[nH]1. The summed E-state index contributed by atoms with van der Waals surface area (Å²) in [5.41, 5.74) is 3.46. The minimum atomic E-state index is -0.102. The van der Waals surface area contributed by atoms with Gasteiger partial charge in [-0.1, -0.05) is 48.5 Å². The monoisotopic (exact) mass is 298 g/mol. The highest BCUT2D eigenvalue weighted by molar-refractivity contribution is 5.90. The fraction of sp³-hybridized carbons (Fsp3) is 0. The topological polar surface area (TPSA) is 45.8 Å². The summed E-state index contributed by atoms with van der Waals surface area (Å²) in [5, 5.41) is 2.13. The number of hydrogen-bond acceptors (Lipinski definition) is 2. The lowest BCUT2D eigenvalue weighted by atomic mass is 10.1. The highest BCUT2D eigenvalue weighted by Gasteiger charge is 2.00. The van der Waals surface area contributed by atoms with Crippen molar-refractivity contribution in [3.63, 3.8) is 0 Å². The molecule has 110 valence electrons.